The van der Waals surface area contributed by atoms with Crippen molar-refractivity contribution < 1.29 is 27.8 Å². The van der Waals surface area contributed by atoms with E-state index in [1.54, 1.807) is 6.92 Å². The molecule has 6 heteroatoms. The third-order valence-corrected chi connectivity index (χ3v) is 2.60. The molecule has 1 N–H and O–H groups in total. The topological polar surface area (TPSA) is 46.5 Å². The lowest BCUT2D eigenvalue weighted by Gasteiger charge is -2.24. The normalized spacial score (nSPS) is 15.6. The molecule has 0 fully saturated rings. The number of alkyl halides is 3. The molecule has 0 saturated carbocycles. The van der Waals surface area contributed by atoms with Crippen molar-refractivity contribution in [2.45, 2.75) is 45.7 Å². The minimum absolute atomic E-state index is 0.0634. The van der Waals surface area contributed by atoms with Crippen molar-refractivity contribution >= 4 is 5.97 Å². The summed E-state index contributed by atoms with van der Waals surface area (Å²) in [5, 5.41) is 9.03. The molecule has 0 rings (SSSR count). The number of hydrogen-bond acceptors (Lipinski definition) is 2. The van der Waals surface area contributed by atoms with Crippen LogP contribution in [-0.4, -0.2) is 30.5 Å². The second-order valence-electron chi connectivity index (χ2n) is 4.39. The van der Waals surface area contributed by atoms with Crippen LogP contribution in [0, 0.1) is 5.41 Å². The molecule has 0 aliphatic carbocycles. The van der Waals surface area contributed by atoms with Gasteiger partial charge < -0.3 is 9.84 Å². The van der Waals surface area contributed by atoms with Gasteiger partial charge in [-0.3, -0.25) is 4.79 Å². The van der Waals surface area contributed by atoms with Gasteiger partial charge in [-0.25, -0.2) is 0 Å². The van der Waals surface area contributed by atoms with Gasteiger partial charge in [-0.05, 0) is 26.2 Å². The first-order valence-electron chi connectivity index (χ1n) is 5.59. The highest BCUT2D eigenvalue weighted by molar-refractivity contribution is 5.73. The van der Waals surface area contributed by atoms with Crippen LogP contribution < -0.4 is 0 Å². The smallest absolute Gasteiger partial charge is 0.411 e. The number of halogens is 3. The van der Waals surface area contributed by atoms with Crippen LogP contribution in [0.15, 0.2) is 0 Å². The Hall–Kier alpha value is -0.780. The van der Waals surface area contributed by atoms with Crippen molar-refractivity contribution in [1.29, 1.82) is 0 Å². The summed E-state index contributed by atoms with van der Waals surface area (Å²) in [7, 11) is 0. The van der Waals surface area contributed by atoms with Crippen LogP contribution in [0.5, 0.6) is 0 Å². The maximum atomic E-state index is 11.7. The quantitative estimate of drug-likeness (QED) is 0.678. The molecule has 0 aliphatic rings. The molecule has 17 heavy (non-hydrogen) atoms. The maximum absolute atomic E-state index is 11.7. The Bertz CT molecular complexity index is 241. The zero-order valence-electron chi connectivity index (χ0n) is 10.1. The first kappa shape index (κ1) is 16.2. The number of carboxylic acids is 1. The van der Waals surface area contributed by atoms with E-state index >= 15 is 0 Å². The van der Waals surface area contributed by atoms with Gasteiger partial charge in [0.05, 0.1) is 5.41 Å². The van der Waals surface area contributed by atoms with E-state index in [0.29, 0.717) is 19.3 Å². The molecule has 0 aromatic carbocycles. The highest BCUT2D eigenvalue weighted by Gasteiger charge is 2.32. The van der Waals surface area contributed by atoms with Gasteiger partial charge in [0.25, 0.3) is 0 Å². The van der Waals surface area contributed by atoms with E-state index in [4.69, 9.17) is 5.11 Å². The Morgan fingerprint density at radius 2 is 1.88 bits per heavy atom. The van der Waals surface area contributed by atoms with Gasteiger partial charge >= 0.3 is 12.1 Å². The van der Waals surface area contributed by atoms with Crippen LogP contribution in [0.3, 0.4) is 0 Å². The summed E-state index contributed by atoms with van der Waals surface area (Å²) in [5.74, 6) is -0.907. The Morgan fingerprint density at radius 1 is 1.29 bits per heavy atom. The van der Waals surface area contributed by atoms with Crippen LogP contribution in [-0.2, 0) is 9.53 Å². The predicted molar refractivity (Wildman–Crippen MR) is 56.8 cm³/mol. The second-order valence-corrected chi connectivity index (χ2v) is 4.39. The van der Waals surface area contributed by atoms with Gasteiger partial charge in [0.1, 0.15) is 6.61 Å². The molecule has 0 spiro atoms. The molecule has 0 aromatic rings. The number of aliphatic carboxylic acids is 1. The van der Waals surface area contributed by atoms with Gasteiger partial charge in [-0.2, -0.15) is 13.2 Å². The number of hydrogen-bond donors (Lipinski definition) is 1. The number of carboxylic acid groups (broad SMARTS) is 1. The third-order valence-electron chi connectivity index (χ3n) is 2.60. The second kappa shape index (κ2) is 6.83. The first-order valence-corrected chi connectivity index (χ1v) is 5.59. The summed E-state index contributed by atoms with van der Waals surface area (Å²) < 4.78 is 39.7. The predicted octanol–water partition coefficient (Wildman–Crippen LogP) is 3.24. The van der Waals surface area contributed by atoms with Crippen molar-refractivity contribution in [3.05, 3.63) is 0 Å². The fourth-order valence-corrected chi connectivity index (χ4v) is 1.64. The van der Waals surface area contributed by atoms with Crippen LogP contribution >= 0.6 is 0 Å². The van der Waals surface area contributed by atoms with Crippen molar-refractivity contribution in [3.8, 4) is 0 Å². The molecule has 0 aromatic heterocycles. The zero-order valence-corrected chi connectivity index (χ0v) is 10.1. The van der Waals surface area contributed by atoms with E-state index < -0.39 is 24.2 Å². The molecule has 0 amide bonds. The summed E-state index contributed by atoms with van der Waals surface area (Å²) in [4.78, 5) is 11.0. The van der Waals surface area contributed by atoms with Crippen molar-refractivity contribution in [2.24, 2.45) is 5.41 Å². The van der Waals surface area contributed by atoms with Crippen molar-refractivity contribution in [1.82, 2.24) is 0 Å². The molecule has 102 valence electrons. The Balaban J connectivity index is 3.88. The van der Waals surface area contributed by atoms with Crippen molar-refractivity contribution in [2.75, 3.05) is 13.2 Å². The Kier molecular flexibility index (Phi) is 6.52. The molecule has 3 nitrogen and oxygen atoms in total. The lowest BCUT2D eigenvalue weighted by Crippen LogP contribution is -2.28. The Labute approximate surface area is 99.0 Å². The van der Waals surface area contributed by atoms with Gasteiger partial charge in [-0.15, -0.1) is 0 Å². The molecule has 1 atom stereocenters. The lowest BCUT2D eigenvalue weighted by molar-refractivity contribution is -0.174. The summed E-state index contributed by atoms with van der Waals surface area (Å²) >= 11 is 0. The minimum atomic E-state index is -4.32. The average molecular weight is 256 g/mol. The molecule has 0 aliphatic heterocycles. The number of ether oxygens (including phenoxy) is 1. The molecule has 0 bridgehead atoms. The summed E-state index contributed by atoms with van der Waals surface area (Å²) in [6.45, 7) is 2.15. The van der Waals surface area contributed by atoms with Gasteiger partial charge in [0.2, 0.25) is 0 Å². The molecular weight excluding hydrogens is 237 g/mol. The third kappa shape index (κ3) is 7.20. The standard InChI is InChI=1S/C11H19F3O3/c1-3-5-10(2,9(15)16)6-4-7-17-8-11(12,13)14/h3-8H2,1-2H3,(H,15,16). The molecule has 0 heterocycles. The average Bonchev–Trinajstić information content (AvgIpc) is 2.15. The van der Waals surface area contributed by atoms with Crippen LogP contribution in [0.25, 0.3) is 0 Å². The van der Waals surface area contributed by atoms with Gasteiger partial charge in [-0.1, -0.05) is 13.3 Å². The summed E-state index contributed by atoms with van der Waals surface area (Å²) in [5.41, 5.74) is -0.865. The van der Waals surface area contributed by atoms with Gasteiger partial charge in [0.15, 0.2) is 0 Å². The van der Waals surface area contributed by atoms with Crippen LogP contribution in [0.1, 0.15) is 39.5 Å². The van der Waals surface area contributed by atoms with E-state index in [-0.39, 0.29) is 6.61 Å². The van der Waals surface area contributed by atoms with E-state index in [0.717, 1.165) is 6.42 Å². The summed E-state index contributed by atoms with van der Waals surface area (Å²) in [6, 6.07) is 0. The molecular formula is C11H19F3O3. The van der Waals surface area contributed by atoms with Crippen LogP contribution in [0.4, 0.5) is 13.2 Å². The SMILES string of the molecule is CCCC(C)(CCCOCC(F)(F)F)C(=O)O. The van der Waals surface area contributed by atoms with Gasteiger partial charge in [0, 0.05) is 6.61 Å². The zero-order chi connectivity index (χ0) is 13.5. The lowest BCUT2D eigenvalue weighted by atomic mass is 9.81. The fraction of sp³-hybridized carbons (Fsp3) is 0.909. The van der Waals surface area contributed by atoms with E-state index in [9.17, 15) is 18.0 Å². The number of rotatable bonds is 8. The highest BCUT2D eigenvalue weighted by atomic mass is 19.4. The number of carbonyl (C=O) groups is 1. The highest BCUT2D eigenvalue weighted by Crippen LogP contribution is 2.29. The van der Waals surface area contributed by atoms with E-state index in [1.807, 2.05) is 6.92 Å². The molecule has 0 radical (unpaired) electrons. The Morgan fingerprint density at radius 3 is 2.29 bits per heavy atom. The van der Waals surface area contributed by atoms with E-state index in [1.165, 1.54) is 0 Å². The van der Waals surface area contributed by atoms with Crippen LogP contribution in [0.2, 0.25) is 0 Å². The first-order chi connectivity index (χ1) is 7.71. The van der Waals surface area contributed by atoms with Crippen molar-refractivity contribution in [3.63, 3.8) is 0 Å². The largest absolute Gasteiger partial charge is 0.481 e. The van der Waals surface area contributed by atoms with E-state index in [2.05, 4.69) is 4.74 Å². The fourth-order valence-electron chi connectivity index (χ4n) is 1.64. The monoisotopic (exact) mass is 256 g/mol. The molecule has 0 saturated heterocycles. The summed E-state index contributed by atoms with van der Waals surface area (Å²) in [6.07, 6.45) is -2.43. The maximum Gasteiger partial charge on any atom is 0.411 e. The minimum Gasteiger partial charge on any atom is -0.481 e. The molecule has 1 unspecified atom stereocenters.